The number of piperidine rings is 1. The van der Waals surface area contributed by atoms with Crippen LogP contribution in [0.4, 0.5) is 5.82 Å². The first-order chi connectivity index (χ1) is 15.6. The zero-order chi connectivity index (χ0) is 21.9. The molecule has 8 heteroatoms. The van der Waals surface area contributed by atoms with Crippen molar-refractivity contribution in [1.29, 1.82) is 0 Å². The number of hydrazine groups is 1. The van der Waals surface area contributed by atoms with Crippen LogP contribution >= 0.6 is 0 Å². The molecular weight excluding hydrogens is 400 g/mol. The van der Waals surface area contributed by atoms with Crippen molar-refractivity contribution in [2.45, 2.75) is 33.2 Å². The van der Waals surface area contributed by atoms with E-state index >= 15 is 0 Å². The number of nitrogens with zero attached hydrogens (tertiary/aromatic N) is 4. The largest absolute Gasteiger partial charge is 0.325 e. The van der Waals surface area contributed by atoms with E-state index in [-0.39, 0.29) is 0 Å². The molecule has 4 N–H and O–H groups in total. The highest BCUT2D eigenvalue weighted by atomic mass is 15.4. The van der Waals surface area contributed by atoms with Crippen LogP contribution < -0.4 is 21.5 Å². The molecule has 0 radical (unpaired) electrons. The van der Waals surface area contributed by atoms with Crippen molar-refractivity contribution in [3.63, 3.8) is 0 Å². The molecule has 1 fully saturated rings. The molecule has 2 aliphatic heterocycles. The molecule has 0 saturated carbocycles. The molecule has 0 bridgehead atoms. The second-order valence-electron chi connectivity index (χ2n) is 8.85. The standard InChI is InChI=1S/C24H30N8/c1-16(2)18-10-24(31-27-12-18)30-23-4-3-21-22(29-23)9-19(11-26-21)20-13-28-32(15-20)14-17-5-7-25-8-6-17/h3-4,9-13,15-17,25,27,31H,5-8,14H2,1-2H3,(H,29,30). The second-order valence-corrected chi connectivity index (χ2v) is 8.85. The summed E-state index contributed by atoms with van der Waals surface area (Å²) in [5.41, 5.74) is 11.3. The monoisotopic (exact) mass is 430 g/mol. The molecule has 32 heavy (non-hydrogen) atoms. The Morgan fingerprint density at radius 3 is 2.84 bits per heavy atom. The molecule has 0 spiro atoms. The Balaban J connectivity index is 1.34. The molecule has 0 atom stereocenters. The summed E-state index contributed by atoms with van der Waals surface area (Å²) in [5.74, 6) is 2.76. The van der Waals surface area contributed by atoms with E-state index in [0.29, 0.717) is 11.8 Å². The van der Waals surface area contributed by atoms with E-state index in [9.17, 15) is 0 Å². The van der Waals surface area contributed by atoms with Crippen molar-refractivity contribution >= 4 is 16.9 Å². The van der Waals surface area contributed by atoms with Crippen LogP contribution in [0.25, 0.3) is 22.2 Å². The Kier molecular flexibility index (Phi) is 5.77. The van der Waals surface area contributed by atoms with Gasteiger partial charge in [-0.3, -0.25) is 15.1 Å². The van der Waals surface area contributed by atoms with Gasteiger partial charge in [-0.15, -0.1) is 0 Å². The van der Waals surface area contributed by atoms with Gasteiger partial charge in [0.05, 0.1) is 17.2 Å². The minimum absolute atomic E-state index is 0.438. The average molecular weight is 431 g/mol. The predicted molar refractivity (Wildman–Crippen MR) is 127 cm³/mol. The van der Waals surface area contributed by atoms with Crippen LogP contribution in [0, 0.1) is 11.8 Å². The van der Waals surface area contributed by atoms with E-state index in [1.807, 2.05) is 30.7 Å². The highest BCUT2D eigenvalue weighted by Crippen LogP contribution is 2.24. The summed E-state index contributed by atoms with van der Waals surface area (Å²) in [7, 11) is 0. The van der Waals surface area contributed by atoms with Gasteiger partial charge in [0.15, 0.2) is 0 Å². The van der Waals surface area contributed by atoms with E-state index < -0.39 is 0 Å². The van der Waals surface area contributed by atoms with E-state index in [2.05, 4.69) is 68.4 Å². The average Bonchev–Trinajstić information content (AvgIpc) is 3.28. The van der Waals surface area contributed by atoms with Gasteiger partial charge < -0.3 is 16.1 Å². The van der Waals surface area contributed by atoms with Crippen LogP contribution in [0.5, 0.6) is 0 Å². The Bertz CT molecular complexity index is 1150. The minimum atomic E-state index is 0.438. The Hall–Kier alpha value is -3.39. The molecule has 8 nitrogen and oxygen atoms in total. The van der Waals surface area contributed by atoms with Gasteiger partial charge >= 0.3 is 0 Å². The number of aromatic nitrogens is 4. The quantitative estimate of drug-likeness (QED) is 0.476. The summed E-state index contributed by atoms with van der Waals surface area (Å²) < 4.78 is 2.06. The van der Waals surface area contributed by atoms with Gasteiger partial charge in [0.25, 0.3) is 0 Å². The van der Waals surface area contributed by atoms with Crippen molar-refractivity contribution in [2.24, 2.45) is 11.8 Å². The smallest absolute Gasteiger partial charge is 0.132 e. The van der Waals surface area contributed by atoms with Crippen LogP contribution in [-0.4, -0.2) is 32.8 Å². The van der Waals surface area contributed by atoms with Crippen molar-refractivity contribution in [1.82, 2.24) is 35.9 Å². The first kappa shape index (κ1) is 20.5. The lowest BCUT2D eigenvalue weighted by atomic mass is 9.98. The van der Waals surface area contributed by atoms with Gasteiger partial charge in [-0.05, 0) is 67.6 Å². The summed E-state index contributed by atoms with van der Waals surface area (Å²) >= 11 is 0. The SMILES string of the molecule is CC(C)C1=CNNC(Nc2ccc3ncc(-c4cnn(CC5CCNCC5)c4)cc3n2)=C1. The van der Waals surface area contributed by atoms with Gasteiger partial charge in [0.1, 0.15) is 11.6 Å². The molecule has 3 aromatic rings. The maximum absolute atomic E-state index is 4.79. The van der Waals surface area contributed by atoms with E-state index in [1.54, 1.807) is 0 Å². The Labute approximate surface area is 188 Å². The highest BCUT2D eigenvalue weighted by Gasteiger charge is 2.15. The van der Waals surface area contributed by atoms with Crippen molar-refractivity contribution in [3.8, 4) is 11.1 Å². The normalized spacial score (nSPS) is 17.0. The van der Waals surface area contributed by atoms with Crippen LogP contribution in [0.1, 0.15) is 26.7 Å². The Morgan fingerprint density at radius 2 is 2.00 bits per heavy atom. The van der Waals surface area contributed by atoms with Gasteiger partial charge in [-0.2, -0.15) is 5.10 Å². The molecule has 3 aromatic heterocycles. The molecule has 0 aromatic carbocycles. The molecule has 166 valence electrons. The number of anilines is 1. The van der Waals surface area contributed by atoms with E-state index in [4.69, 9.17) is 4.98 Å². The third-order valence-corrected chi connectivity index (χ3v) is 6.09. The van der Waals surface area contributed by atoms with Crippen molar-refractivity contribution in [3.05, 3.63) is 60.5 Å². The topological polar surface area (TPSA) is 91.7 Å². The number of allylic oxidation sites excluding steroid dienone is 2. The number of nitrogens with one attached hydrogen (secondary N) is 4. The third-order valence-electron chi connectivity index (χ3n) is 6.09. The maximum Gasteiger partial charge on any atom is 0.132 e. The molecule has 5 rings (SSSR count). The minimum Gasteiger partial charge on any atom is -0.325 e. The highest BCUT2D eigenvalue weighted by molar-refractivity contribution is 5.81. The number of pyridine rings is 2. The third kappa shape index (κ3) is 4.60. The first-order valence-electron chi connectivity index (χ1n) is 11.3. The maximum atomic E-state index is 4.79. The second kappa shape index (κ2) is 9.00. The Morgan fingerprint density at radius 1 is 1.12 bits per heavy atom. The van der Waals surface area contributed by atoms with E-state index in [0.717, 1.165) is 53.4 Å². The van der Waals surface area contributed by atoms with Crippen LogP contribution in [0.2, 0.25) is 0 Å². The van der Waals surface area contributed by atoms with E-state index in [1.165, 1.54) is 18.4 Å². The molecule has 0 unspecified atom stereocenters. The van der Waals surface area contributed by atoms with Crippen LogP contribution in [-0.2, 0) is 6.54 Å². The van der Waals surface area contributed by atoms with Crippen LogP contribution in [0.15, 0.2) is 60.5 Å². The number of fused-ring (bicyclic) bond motifs is 1. The van der Waals surface area contributed by atoms with Gasteiger partial charge in [0, 0.05) is 36.3 Å². The summed E-state index contributed by atoms with van der Waals surface area (Å²) in [6, 6.07) is 6.02. The van der Waals surface area contributed by atoms with Gasteiger partial charge in [-0.1, -0.05) is 13.8 Å². The lowest BCUT2D eigenvalue weighted by Gasteiger charge is -2.22. The zero-order valence-corrected chi connectivity index (χ0v) is 18.6. The molecule has 1 saturated heterocycles. The fraction of sp³-hybridized carbons (Fsp3) is 0.375. The number of hydrogen-bond acceptors (Lipinski definition) is 7. The number of rotatable bonds is 6. The fourth-order valence-corrected chi connectivity index (χ4v) is 4.16. The summed E-state index contributed by atoms with van der Waals surface area (Å²) in [4.78, 5) is 9.41. The molecule has 5 heterocycles. The predicted octanol–water partition coefficient (Wildman–Crippen LogP) is 3.39. The molecule has 0 amide bonds. The summed E-state index contributed by atoms with van der Waals surface area (Å²) in [5, 5.41) is 11.4. The summed E-state index contributed by atoms with van der Waals surface area (Å²) in [6.07, 6.45) is 12.4. The number of hydrogen-bond donors (Lipinski definition) is 4. The van der Waals surface area contributed by atoms with Crippen LogP contribution in [0.3, 0.4) is 0 Å². The van der Waals surface area contributed by atoms with Gasteiger partial charge in [0.2, 0.25) is 0 Å². The molecule has 2 aliphatic rings. The van der Waals surface area contributed by atoms with Crippen molar-refractivity contribution < 1.29 is 0 Å². The lowest BCUT2D eigenvalue weighted by molar-refractivity contribution is 0.321. The lowest BCUT2D eigenvalue weighted by Crippen LogP contribution is -2.33. The molecular formula is C24H30N8. The van der Waals surface area contributed by atoms with Gasteiger partial charge in [-0.25, -0.2) is 4.98 Å². The first-order valence-corrected chi connectivity index (χ1v) is 11.3. The summed E-state index contributed by atoms with van der Waals surface area (Å²) in [6.45, 7) is 7.52. The zero-order valence-electron chi connectivity index (χ0n) is 18.6. The molecule has 0 aliphatic carbocycles. The fourth-order valence-electron chi connectivity index (χ4n) is 4.16. The van der Waals surface area contributed by atoms with Crippen molar-refractivity contribution in [2.75, 3.05) is 18.4 Å².